The van der Waals surface area contributed by atoms with Crippen LogP contribution >= 0.6 is 0 Å². The van der Waals surface area contributed by atoms with Crippen molar-refractivity contribution in [3.05, 3.63) is 59.5 Å². The first-order valence-corrected chi connectivity index (χ1v) is 8.53. The molecule has 8 heteroatoms. The Morgan fingerprint density at radius 1 is 1.11 bits per heavy atom. The van der Waals surface area contributed by atoms with Gasteiger partial charge in [-0.05, 0) is 17.7 Å². The highest BCUT2D eigenvalue weighted by atomic mass is 19.4. The summed E-state index contributed by atoms with van der Waals surface area (Å²) in [6.07, 6.45) is -2.92. The van der Waals surface area contributed by atoms with Gasteiger partial charge in [0, 0.05) is 31.8 Å². The third-order valence-corrected chi connectivity index (χ3v) is 4.64. The molecule has 1 aliphatic heterocycles. The Morgan fingerprint density at radius 3 is 2.63 bits per heavy atom. The Labute approximate surface area is 152 Å². The van der Waals surface area contributed by atoms with Crippen molar-refractivity contribution in [2.75, 3.05) is 26.3 Å². The van der Waals surface area contributed by atoms with E-state index in [0.717, 1.165) is 12.1 Å². The fraction of sp³-hybridized carbons (Fsp3) is 0.316. The number of halogens is 3. The number of benzene rings is 1. The van der Waals surface area contributed by atoms with E-state index in [1.807, 2.05) is 0 Å². The quantitative estimate of drug-likeness (QED) is 0.697. The van der Waals surface area contributed by atoms with E-state index in [-0.39, 0.29) is 12.5 Å². The molecule has 4 rings (SSSR count). The van der Waals surface area contributed by atoms with Crippen LogP contribution in [0.4, 0.5) is 13.2 Å². The molecule has 3 aromatic rings. The Hall–Kier alpha value is -2.74. The van der Waals surface area contributed by atoms with Crippen molar-refractivity contribution < 1.29 is 27.1 Å². The summed E-state index contributed by atoms with van der Waals surface area (Å²) in [4.78, 5) is 14.6. The van der Waals surface area contributed by atoms with Crippen molar-refractivity contribution in [1.82, 2.24) is 9.47 Å². The van der Waals surface area contributed by atoms with Gasteiger partial charge in [0.1, 0.15) is 5.69 Å². The van der Waals surface area contributed by atoms with Crippen molar-refractivity contribution in [3.8, 4) is 0 Å². The van der Waals surface area contributed by atoms with Gasteiger partial charge in [0.2, 0.25) is 0 Å². The zero-order valence-electron chi connectivity index (χ0n) is 14.3. The van der Waals surface area contributed by atoms with E-state index >= 15 is 0 Å². The van der Waals surface area contributed by atoms with E-state index in [1.165, 1.54) is 12.3 Å². The van der Waals surface area contributed by atoms with Crippen LogP contribution in [-0.4, -0.2) is 41.7 Å². The average molecular weight is 378 g/mol. The summed E-state index contributed by atoms with van der Waals surface area (Å²) < 4.78 is 51.4. The molecule has 5 nitrogen and oxygen atoms in total. The van der Waals surface area contributed by atoms with Crippen LogP contribution in [0.25, 0.3) is 11.1 Å². The Kier molecular flexibility index (Phi) is 4.43. The van der Waals surface area contributed by atoms with Crippen LogP contribution in [0.3, 0.4) is 0 Å². The van der Waals surface area contributed by atoms with Gasteiger partial charge < -0.3 is 18.6 Å². The molecule has 1 fully saturated rings. The number of amides is 1. The zero-order valence-corrected chi connectivity index (χ0v) is 14.3. The highest BCUT2D eigenvalue weighted by molar-refractivity contribution is 5.97. The molecule has 0 spiro atoms. The van der Waals surface area contributed by atoms with Crippen LogP contribution in [0.5, 0.6) is 0 Å². The first kappa shape index (κ1) is 17.7. The largest absolute Gasteiger partial charge is 0.463 e. The molecule has 0 atom stereocenters. The van der Waals surface area contributed by atoms with Gasteiger partial charge in [-0.1, -0.05) is 12.1 Å². The number of hydrogen-bond acceptors (Lipinski definition) is 3. The number of hydrogen-bond donors (Lipinski definition) is 0. The molecule has 0 aliphatic carbocycles. The summed E-state index contributed by atoms with van der Waals surface area (Å²) in [7, 11) is 0. The number of fused-ring (bicyclic) bond motifs is 1. The van der Waals surface area contributed by atoms with Gasteiger partial charge in [-0.3, -0.25) is 4.79 Å². The molecule has 3 heterocycles. The number of carbonyl (C=O) groups excluding carboxylic acids is 1. The number of nitrogens with zero attached hydrogens (tertiary/aromatic N) is 2. The van der Waals surface area contributed by atoms with E-state index in [0.29, 0.717) is 48.7 Å². The maximum absolute atomic E-state index is 13.0. The van der Waals surface area contributed by atoms with E-state index < -0.39 is 11.7 Å². The third-order valence-electron chi connectivity index (χ3n) is 4.64. The number of aromatic nitrogens is 1. The molecule has 1 amide bonds. The predicted octanol–water partition coefficient (Wildman–Crippen LogP) is 3.77. The molecule has 0 bridgehead atoms. The van der Waals surface area contributed by atoms with Crippen LogP contribution in [0, 0.1) is 0 Å². The van der Waals surface area contributed by atoms with Gasteiger partial charge in [0.25, 0.3) is 5.91 Å². The molecule has 142 valence electrons. The third kappa shape index (κ3) is 3.44. The highest BCUT2D eigenvalue weighted by Crippen LogP contribution is 2.30. The first-order valence-electron chi connectivity index (χ1n) is 8.53. The first-order chi connectivity index (χ1) is 12.9. The van der Waals surface area contributed by atoms with Crippen molar-refractivity contribution in [3.63, 3.8) is 0 Å². The molecule has 1 saturated heterocycles. The maximum atomic E-state index is 13.0. The molecule has 1 aromatic carbocycles. The Bertz CT molecular complexity index is 968. The molecule has 0 saturated carbocycles. The lowest BCUT2D eigenvalue weighted by Gasteiger charge is -2.27. The van der Waals surface area contributed by atoms with Crippen molar-refractivity contribution >= 4 is 17.0 Å². The molecule has 0 unspecified atom stereocenters. The molecule has 27 heavy (non-hydrogen) atoms. The van der Waals surface area contributed by atoms with Crippen LogP contribution < -0.4 is 0 Å². The normalized spacial score (nSPS) is 15.4. The van der Waals surface area contributed by atoms with Crippen LogP contribution in [0.1, 0.15) is 21.6 Å². The molecule has 0 N–H and O–H groups in total. The Balaban J connectivity index is 1.71. The SMILES string of the molecule is O=C(c1cc2occc2n1Cc1cccc(C(F)(F)F)c1)N1CCOCC1. The van der Waals surface area contributed by atoms with E-state index in [4.69, 9.17) is 9.15 Å². The minimum atomic E-state index is -4.41. The lowest BCUT2D eigenvalue weighted by Crippen LogP contribution is -2.41. The van der Waals surface area contributed by atoms with Crippen molar-refractivity contribution in [2.45, 2.75) is 12.7 Å². The predicted molar refractivity (Wildman–Crippen MR) is 91.5 cm³/mol. The van der Waals surface area contributed by atoms with Crippen molar-refractivity contribution in [1.29, 1.82) is 0 Å². The van der Waals surface area contributed by atoms with Crippen LogP contribution in [0.15, 0.2) is 47.1 Å². The summed E-state index contributed by atoms with van der Waals surface area (Å²) in [5.41, 5.74) is 1.34. The van der Waals surface area contributed by atoms with E-state index in [2.05, 4.69) is 0 Å². The van der Waals surface area contributed by atoms with Crippen molar-refractivity contribution in [2.24, 2.45) is 0 Å². The van der Waals surface area contributed by atoms with Gasteiger partial charge in [-0.2, -0.15) is 13.2 Å². The number of rotatable bonds is 3. The van der Waals surface area contributed by atoms with E-state index in [1.54, 1.807) is 27.7 Å². The summed E-state index contributed by atoms with van der Waals surface area (Å²) in [6.45, 7) is 2.04. The second-order valence-corrected chi connectivity index (χ2v) is 6.39. The molecule has 1 aliphatic rings. The fourth-order valence-electron chi connectivity index (χ4n) is 3.28. The second kappa shape index (κ2) is 6.77. The molecule has 0 radical (unpaired) electrons. The highest BCUT2D eigenvalue weighted by Gasteiger charge is 2.30. The summed E-state index contributed by atoms with van der Waals surface area (Å²) in [5.74, 6) is -0.184. The average Bonchev–Trinajstić information content (AvgIpc) is 3.24. The minimum Gasteiger partial charge on any atom is -0.463 e. The number of morpholine rings is 1. The second-order valence-electron chi connectivity index (χ2n) is 6.39. The maximum Gasteiger partial charge on any atom is 0.416 e. The lowest BCUT2D eigenvalue weighted by molar-refractivity contribution is -0.137. The topological polar surface area (TPSA) is 47.6 Å². The van der Waals surface area contributed by atoms with E-state index in [9.17, 15) is 18.0 Å². The van der Waals surface area contributed by atoms with Gasteiger partial charge in [-0.15, -0.1) is 0 Å². The smallest absolute Gasteiger partial charge is 0.416 e. The van der Waals surface area contributed by atoms with Gasteiger partial charge in [0.15, 0.2) is 5.58 Å². The summed E-state index contributed by atoms with van der Waals surface area (Å²) in [6, 6.07) is 8.48. The summed E-state index contributed by atoms with van der Waals surface area (Å²) in [5, 5.41) is 0. The standard InChI is InChI=1S/C19H17F3N2O3/c20-19(21,22)14-3-1-2-13(10-14)12-24-15-4-7-27-17(15)11-16(24)18(25)23-5-8-26-9-6-23/h1-4,7,10-11H,5-6,8-9,12H2. The van der Waals surface area contributed by atoms with Crippen LogP contribution in [-0.2, 0) is 17.5 Å². The van der Waals surface area contributed by atoms with Gasteiger partial charge in [0.05, 0.1) is 30.6 Å². The Morgan fingerprint density at radius 2 is 1.89 bits per heavy atom. The number of carbonyl (C=O) groups is 1. The number of ether oxygens (including phenoxy) is 1. The molecular weight excluding hydrogens is 361 g/mol. The fourth-order valence-corrected chi connectivity index (χ4v) is 3.28. The number of furan rings is 1. The van der Waals surface area contributed by atoms with Gasteiger partial charge >= 0.3 is 6.18 Å². The summed E-state index contributed by atoms with van der Waals surface area (Å²) >= 11 is 0. The zero-order chi connectivity index (χ0) is 19.0. The lowest BCUT2D eigenvalue weighted by atomic mass is 10.1. The van der Waals surface area contributed by atoms with Crippen LogP contribution in [0.2, 0.25) is 0 Å². The molecule has 2 aromatic heterocycles. The monoisotopic (exact) mass is 378 g/mol. The van der Waals surface area contributed by atoms with Gasteiger partial charge in [-0.25, -0.2) is 0 Å². The minimum absolute atomic E-state index is 0.137. The molecular formula is C19H17F3N2O3. The number of alkyl halides is 3.